The number of ether oxygens (including phenoxy) is 2. The first-order valence-corrected chi connectivity index (χ1v) is 13.8. The zero-order valence-corrected chi connectivity index (χ0v) is 24.5. The monoisotopic (exact) mass is 656 g/mol. The number of aliphatic carboxylic acids is 2. The Bertz CT molecular complexity index is 2030. The van der Waals surface area contributed by atoms with Gasteiger partial charge in [-0.15, -0.1) is 0 Å². The first kappa shape index (κ1) is 33.8. The van der Waals surface area contributed by atoms with Gasteiger partial charge in [-0.2, -0.15) is 0 Å². The molecule has 4 aromatic rings. The lowest BCUT2D eigenvalue weighted by atomic mass is 10.0. The van der Waals surface area contributed by atoms with E-state index in [4.69, 9.17) is 24.1 Å². The lowest BCUT2D eigenvalue weighted by Gasteiger charge is -2.14. The molecule has 1 amide bonds. The van der Waals surface area contributed by atoms with Crippen molar-refractivity contribution in [2.75, 3.05) is 19.8 Å². The van der Waals surface area contributed by atoms with E-state index in [2.05, 4.69) is 5.32 Å². The summed E-state index contributed by atoms with van der Waals surface area (Å²) in [5, 5.41) is 59.9. The smallest absolute Gasteiger partial charge is 0.343 e. The van der Waals surface area contributed by atoms with Crippen LogP contribution in [0.3, 0.4) is 0 Å². The summed E-state index contributed by atoms with van der Waals surface area (Å²) >= 11 is 0. The minimum Gasteiger partial charge on any atom is -0.504 e. The Balaban J connectivity index is 1.51. The van der Waals surface area contributed by atoms with Crippen LogP contribution in [0.15, 0.2) is 44.7 Å². The molecule has 1 atom stereocenters. The van der Waals surface area contributed by atoms with Crippen molar-refractivity contribution in [3.63, 3.8) is 0 Å². The van der Waals surface area contributed by atoms with Crippen LogP contribution in [0.1, 0.15) is 29.6 Å². The number of aromatic nitrogens is 1. The number of carbonyl (C=O) groups excluding carboxylic acids is 2. The summed E-state index contributed by atoms with van der Waals surface area (Å²) in [5.41, 5.74) is -3.07. The van der Waals surface area contributed by atoms with Crippen LogP contribution in [0.4, 0.5) is 0 Å². The van der Waals surface area contributed by atoms with E-state index >= 15 is 0 Å². The molecular formula is C30H28N2O15. The number of hydrogen-bond acceptors (Lipinski definition) is 13. The van der Waals surface area contributed by atoms with Gasteiger partial charge < -0.3 is 54.4 Å². The third kappa shape index (κ3) is 7.25. The molecule has 0 aliphatic carbocycles. The van der Waals surface area contributed by atoms with Gasteiger partial charge in [-0.25, -0.2) is 9.59 Å². The van der Waals surface area contributed by atoms with E-state index in [-0.39, 0.29) is 53.7 Å². The van der Waals surface area contributed by atoms with Crippen LogP contribution in [-0.2, 0) is 30.9 Å². The highest BCUT2D eigenvalue weighted by atomic mass is 16.6. The molecule has 47 heavy (non-hydrogen) atoms. The van der Waals surface area contributed by atoms with Gasteiger partial charge in [-0.1, -0.05) is 0 Å². The predicted octanol–water partition coefficient (Wildman–Crippen LogP) is 1.13. The van der Waals surface area contributed by atoms with Crippen molar-refractivity contribution in [1.29, 1.82) is 0 Å². The largest absolute Gasteiger partial charge is 0.504 e. The van der Waals surface area contributed by atoms with Crippen molar-refractivity contribution in [3.8, 4) is 34.1 Å². The fourth-order valence-corrected chi connectivity index (χ4v) is 4.67. The molecule has 0 aliphatic heterocycles. The van der Waals surface area contributed by atoms with Crippen LogP contribution in [0.25, 0.3) is 33.0 Å². The number of carboxylic acid groups (broad SMARTS) is 2. The van der Waals surface area contributed by atoms with E-state index < -0.39 is 87.7 Å². The predicted molar refractivity (Wildman–Crippen MR) is 159 cm³/mol. The van der Waals surface area contributed by atoms with E-state index in [1.54, 1.807) is 0 Å². The number of pyridine rings is 1. The van der Waals surface area contributed by atoms with Gasteiger partial charge in [0, 0.05) is 38.2 Å². The van der Waals surface area contributed by atoms with Crippen molar-refractivity contribution in [2.24, 2.45) is 7.05 Å². The number of benzene rings is 2. The number of amides is 1. The maximum absolute atomic E-state index is 13.7. The lowest BCUT2D eigenvalue weighted by molar-refractivity contribution is -0.143. The van der Waals surface area contributed by atoms with Crippen molar-refractivity contribution >= 4 is 45.7 Å². The number of carboxylic acids is 2. The van der Waals surface area contributed by atoms with Gasteiger partial charge in [-0.3, -0.25) is 19.2 Å². The van der Waals surface area contributed by atoms with Crippen molar-refractivity contribution < 1.29 is 63.7 Å². The molecule has 0 spiro atoms. The Morgan fingerprint density at radius 2 is 1.60 bits per heavy atom. The third-order valence-electron chi connectivity index (χ3n) is 7.01. The minimum atomic E-state index is -1.41. The molecule has 0 fully saturated rings. The van der Waals surface area contributed by atoms with E-state index in [1.807, 2.05) is 0 Å². The van der Waals surface area contributed by atoms with Gasteiger partial charge in [0.2, 0.25) is 11.3 Å². The van der Waals surface area contributed by atoms with Crippen LogP contribution in [-0.4, -0.2) is 84.9 Å². The number of nitrogens with one attached hydrogen (secondary N) is 1. The third-order valence-corrected chi connectivity index (χ3v) is 7.01. The van der Waals surface area contributed by atoms with Gasteiger partial charge in [0.15, 0.2) is 28.4 Å². The number of esters is 1. The Labute approximate surface area is 262 Å². The number of nitrogens with zero attached hydrogens (tertiary/aromatic N) is 1. The molecule has 0 bridgehead atoms. The zero-order chi connectivity index (χ0) is 34.6. The molecular weight excluding hydrogens is 628 g/mol. The van der Waals surface area contributed by atoms with Gasteiger partial charge in [0.05, 0.1) is 40.6 Å². The molecule has 2 heterocycles. The fourth-order valence-electron chi connectivity index (χ4n) is 4.67. The van der Waals surface area contributed by atoms with E-state index in [1.165, 1.54) is 17.8 Å². The topological polar surface area (TPSA) is 272 Å². The van der Waals surface area contributed by atoms with Gasteiger partial charge in [0.25, 0.3) is 0 Å². The summed E-state index contributed by atoms with van der Waals surface area (Å²) in [5.74, 6) is -7.50. The molecule has 0 radical (unpaired) electrons. The number of aromatic hydroxyl groups is 4. The quantitative estimate of drug-likeness (QED) is 0.0604. The summed E-state index contributed by atoms with van der Waals surface area (Å²) in [6.45, 7) is -0.979. The molecule has 17 heteroatoms. The highest BCUT2D eigenvalue weighted by molar-refractivity contribution is 6.07. The second-order valence-corrected chi connectivity index (χ2v) is 10.2. The Hall–Kier alpha value is -6.10. The van der Waals surface area contributed by atoms with Crippen molar-refractivity contribution in [3.05, 3.63) is 56.7 Å². The SMILES string of the molecule is Cn1cc(-c2coc3cc(O)c(O)c(C(=O)OCCOCCC(=O)N[C@@H](CCC(=O)O)C(=O)O)c3c2=O)c(=O)c2cc(O)c(O)cc21. The van der Waals surface area contributed by atoms with Crippen LogP contribution >= 0.6 is 0 Å². The highest BCUT2D eigenvalue weighted by Crippen LogP contribution is 2.36. The van der Waals surface area contributed by atoms with Gasteiger partial charge in [0.1, 0.15) is 30.1 Å². The first-order chi connectivity index (χ1) is 22.2. The second-order valence-electron chi connectivity index (χ2n) is 10.2. The molecule has 2 aromatic carbocycles. The minimum absolute atomic E-state index is 0.0506. The van der Waals surface area contributed by atoms with Gasteiger partial charge >= 0.3 is 17.9 Å². The van der Waals surface area contributed by atoms with Crippen LogP contribution in [0, 0.1) is 0 Å². The summed E-state index contributed by atoms with van der Waals surface area (Å²) in [6.07, 6.45) is 1.10. The van der Waals surface area contributed by atoms with E-state index in [0.717, 1.165) is 24.5 Å². The maximum Gasteiger partial charge on any atom is 0.343 e. The van der Waals surface area contributed by atoms with Crippen LogP contribution < -0.4 is 16.2 Å². The summed E-state index contributed by atoms with van der Waals surface area (Å²) < 4.78 is 17.2. The maximum atomic E-state index is 13.7. The van der Waals surface area contributed by atoms with Gasteiger partial charge in [-0.05, 0) is 12.5 Å². The molecule has 7 N–H and O–H groups in total. The number of fused-ring (bicyclic) bond motifs is 2. The molecule has 0 saturated heterocycles. The van der Waals surface area contributed by atoms with E-state index in [0.29, 0.717) is 0 Å². The number of phenolic OH excluding ortho intramolecular Hbond substituents is 4. The first-order valence-electron chi connectivity index (χ1n) is 13.8. The molecule has 248 valence electrons. The number of carbonyl (C=O) groups is 4. The molecule has 0 saturated carbocycles. The number of rotatable bonds is 13. The summed E-state index contributed by atoms with van der Waals surface area (Å²) in [7, 11) is 1.51. The summed E-state index contributed by atoms with van der Waals surface area (Å²) in [6, 6.07) is 1.66. The lowest BCUT2D eigenvalue weighted by Crippen LogP contribution is -2.41. The van der Waals surface area contributed by atoms with Crippen LogP contribution in [0.2, 0.25) is 0 Å². The number of phenols is 4. The zero-order valence-electron chi connectivity index (χ0n) is 24.5. The van der Waals surface area contributed by atoms with Crippen molar-refractivity contribution in [2.45, 2.75) is 25.3 Å². The Morgan fingerprint density at radius 3 is 2.28 bits per heavy atom. The Morgan fingerprint density at radius 1 is 0.894 bits per heavy atom. The molecule has 2 aromatic heterocycles. The average Bonchev–Trinajstić information content (AvgIpc) is 3.00. The summed E-state index contributed by atoms with van der Waals surface area (Å²) in [4.78, 5) is 73.9. The average molecular weight is 657 g/mol. The molecule has 0 aliphatic rings. The number of aryl methyl sites for hydroxylation is 1. The highest BCUT2D eigenvalue weighted by Gasteiger charge is 2.26. The second kappa shape index (κ2) is 13.9. The number of hydrogen-bond donors (Lipinski definition) is 7. The molecule has 17 nitrogen and oxygen atoms in total. The molecule has 0 unspecified atom stereocenters. The normalized spacial score (nSPS) is 11.8. The van der Waals surface area contributed by atoms with Crippen molar-refractivity contribution in [1.82, 2.24) is 9.88 Å². The fraction of sp³-hybridized carbons (Fsp3) is 0.267. The molecule has 4 rings (SSSR count). The Kier molecular flexibility index (Phi) is 9.99. The standard InChI is InChI=1S/C30H28N2O15/c1-32-11-14(26(39)13-8-18(33)19(34)9-17(13)32)15-12-47-21-10-20(35)28(41)25(24(21)27(15)40)30(44)46-7-6-45-5-4-22(36)31-16(29(42)43)2-3-23(37)38/h8-12,16,33-35,41H,2-7H2,1H3,(H,31,36)(H,37,38)(H,42,43)/t16-/m0/s1. The van der Waals surface area contributed by atoms with E-state index in [9.17, 15) is 49.2 Å². The van der Waals surface area contributed by atoms with Crippen LogP contribution in [0.5, 0.6) is 23.0 Å².